The van der Waals surface area contributed by atoms with Gasteiger partial charge in [0, 0.05) is 0 Å². The Morgan fingerprint density at radius 2 is 1.24 bits per heavy atom. The van der Waals surface area contributed by atoms with Crippen LogP contribution < -0.4 is 0 Å². The highest BCUT2D eigenvalue weighted by atomic mass is 16.6. The van der Waals surface area contributed by atoms with Gasteiger partial charge in [0.15, 0.2) is 5.41 Å². The zero-order chi connectivity index (χ0) is 22.1. The van der Waals surface area contributed by atoms with Crippen LogP contribution in [0.1, 0.15) is 125 Å². The van der Waals surface area contributed by atoms with E-state index in [1.54, 1.807) is 0 Å². The monoisotopic (exact) mass is 412 g/mol. The molecule has 0 aliphatic heterocycles. The Morgan fingerprint density at radius 1 is 0.724 bits per heavy atom. The molecule has 0 aliphatic carbocycles. The number of ether oxygens (including phenoxy) is 2. The predicted octanol–water partition coefficient (Wildman–Crippen LogP) is 7.23. The van der Waals surface area contributed by atoms with Crippen LogP contribution in [-0.2, 0) is 19.1 Å². The summed E-state index contributed by atoms with van der Waals surface area (Å²) < 4.78 is 11.3. The third-order valence-corrected chi connectivity index (χ3v) is 6.04. The topological polar surface area (TPSA) is 52.6 Å². The van der Waals surface area contributed by atoms with Gasteiger partial charge in [-0.3, -0.25) is 9.59 Å². The summed E-state index contributed by atoms with van der Waals surface area (Å²) in [6, 6.07) is 0. The van der Waals surface area contributed by atoms with Gasteiger partial charge >= 0.3 is 11.9 Å². The number of hydrogen-bond acceptors (Lipinski definition) is 4. The normalized spacial score (nSPS) is 12.8. The van der Waals surface area contributed by atoms with Crippen molar-refractivity contribution >= 4 is 11.9 Å². The molecule has 0 N–H and O–H groups in total. The highest BCUT2D eigenvalue weighted by molar-refractivity contribution is 6.00. The van der Waals surface area contributed by atoms with Crippen molar-refractivity contribution in [3.8, 4) is 0 Å². The first-order chi connectivity index (χ1) is 13.9. The number of rotatable bonds is 18. The Bertz CT molecular complexity index is 427. The van der Waals surface area contributed by atoms with Gasteiger partial charge in [0.25, 0.3) is 0 Å². The lowest BCUT2D eigenvalue weighted by Crippen LogP contribution is -2.43. The molecule has 4 nitrogen and oxygen atoms in total. The summed E-state index contributed by atoms with van der Waals surface area (Å²) in [5, 5.41) is 0. The van der Waals surface area contributed by atoms with Crippen molar-refractivity contribution in [1.29, 1.82) is 0 Å². The predicted molar refractivity (Wildman–Crippen MR) is 121 cm³/mol. The lowest BCUT2D eigenvalue weighted by molar-refractivity contribution is -0.178. The molecule has 0 heterocycles. The molecule has 0 rings (SSSR count). The summed E-state index contributed by atoms with van der Waals surface area (Å²) in [4.78, 5) is 25.7. The van der Waals surface area contributed by atoms with Gasteiger partial charge in [-0.25, -0.2) is 0 Å². The standard InChI is InChI=1S/C25H48O4/c1-7-11-12-13-14-15-16-17-18-20-28-23(26)25(9-3,10-4)24(27)29-22(19-8-2)21(5)6/h21-22H,7-20H2,1-6H3. The van der Waals surface area contributed by atoms with Gasteiger partial charge in [0.1, 0.15) is 6.10 Å². The fourth-order valence-corrected chi connectivity index (χ4v) is 3.69. The average Bonchev–Trinajstić information content (AvgIpc) is 2.70. The van der Waals surface area contributed by atoms with E-state index in [1.807, 2.05) is 13.8 Å². The highest BCUT2D eigenvalue weighted by Gasteiger charge is 2.46. The van der Waals surface area contributed by atoms with Crippen molar-refractivity contribution in [1.82, 2.24) is 0 Å². The van der Waals surface area contributed by atoms with Crippen molar-refractivity contribution in [2.45, 2.75) is 131 Å². The third-order valence-electron chi connectivity index (χ3n) is 6.04. The molecule has 0 amide bonds. The minimum Gasteiger partial charge on any atom is -0.465 e. The van der Waals surface area contributed by atoms with Crippen LogP contribution in [-0.4, -0.2) is 24.6 Å². The molecule has 1 unspecified atom stereocenters. The van der Waals surface area contributed by atoms with Crippen LogP contribution in [0.5, 0.6) is 0 Å². The van der Waals surface area contributed by atoms with Gasteiger partial charge in [0.05, 0.1) is 6.61 Å². The maximum atomic E-state index is 12.9. The molecule has 0 fully saturated rings. The van der Waals surface area contributed by atoms with Gasteiger partial charge in [-0.05, 0) is 31.6 Å². The summed E-state index contributed by atoms with van der Waals surface area (Å²) in [6.45, 7) is 12.6. The van der Waals surface area contributed by atoms with Crippen molar-refractivity contribution in [2.75, 3.05) is 6.61 Å². The van der Waals surface area contributed by atoms with Crippen LogP contribution >= 0.6 is 0 Å². The Morgan fingerprint density at radius 3 is 1.69 bits per heavy atom. The van der Waals surface area contributed by atoms with Gasteiger partial charge in [-0.1, -0.05) is 99.3 Å². The van der Waals surface area contributed by atoms with Crippen molar-refractivity contribution in [2.24, 2.45) is 11.3 Å². The summed E-state index contributed by atoms with van der Waals surface area (Å²) >= 11 is 0. The molecule has 0 spiro atoms. The first-order valence-electron chi connectivity index (χ1n) is 12.3. The SMILES string of the molecule is CCCCCCCCCCCOC(=O)C(CC)(CC)C(=O)OC(CCC)C(C)C. The largest absolute Gasteiger partial charge is 0.465 e. The molecule has 172 valence electrons. The molecule has 0 aliphatic rings. The van der Waals surface area contributed by atoms with Gasteiger partial charge in [-0.15, -0.1) is 0 Å². The van der Waals surface area contributed by atoms with Crippen LogP contribution in [0.3, 0.4) is 0 Å². The lowest BCUT2D eigenvalue weighted by Gasteiger charge is -2.30. The van der Waals surface area contributed by atoms with Crippen LogP contribution in [0.2, 0.25) is 0 Å². The Kier molecular flexibility index (Phi) is 16.1. The van der Waals surface area contributed by atoms with E-state index in [0.717, 1.165) is 25.7 Å². The van der Waals surface area contributed by atoms with E-state index in [2.05, 4.69) is 27.7 Å². The van der Waals surface area contributed by atoms with E-state index in [-0.39, 0.29) is 12.0 Å². The van der Waals surface area contributed by atoms with Crippen LogP contribution in [0.15, 0.2) is 0 Å². The van der Waals surface area contributed by atoms with E-state index in [1.165, 1.54) is 44.9 Å². The number of carbonyl (C=O) groups excluding carboxylic acids is 2. The molecular weight excluding hydrogens is 364 g/mol. The molecule has 4 heteroatoms. The van der Waals surface area contributed by atoms with Gasteiger partial charge in [-0.2, -0.15) is 0 Å². The quantitative estimate of drug-likeness (QED) is 0.135. The Hall–Kier alpha value is -1.06. The van der Waals surface area contributed by atoms with Gasteiger partial charge < -0.3 is 9.47 Å². The second kappa shape index (κ2) is 16.7. The highest BCUT2D eigenvalue weighted by Crippen LogP contribution is 2.32. The lowest BCUT2D eigenvalue weighted by atomic mass is 9.82. The first-order valence-corrected chi connectivity index (χ1v) is 12.3. The Labute approximate surface area is 180 Å². The number of hydrogen-bond donors (Lipinski definition) is 0. The van der Waals surface area contributed by atoms with E-state index >= 15 is 0 Å². The van der Waals surface area contributed by atoms with Crippen LogP contribution in [0.4, 0.5) is 0 Å². The average molecular weight is 413 g/mol. The zero-order valence-corrected chi connectivity index (χ0v) is 20.2. The molecule has 29 heavy (non-hydrogen) atoms. The van der Waals surface area contributed by atoms with Gasteiger partial charge in [0.2, 0.25) is 0 Å². The maximum Gasteiger partial charge on any atom is 0.323 e. The number of carbonyl (C=O) groups is 2. The number of esters is 2. The molecule has 0 saturated heterocycles. The molecule has 0 radical (unpaired) electrons. The summed E-state index contributed by atoms with van der Waals surface area (Å²) in [7, 11) is 0. The maximum absolute atomic E-state index is 12.9. The van der Waals surface area contributed by atoms with E-state index in [4.69, 9.17) is 9.47 Å². The fraction of sp³-hybridized carbons (Fsp3) is 0.920. The van der Waals surface area contributed by atoms with Crippen molar-refractivity contribution in [3.05, 3.63) is 0 Å². The van der Waals surface area contributed by atoms with Crippen molar-refractivity contribution < 1.29 is 19.1 Å². The smallest absolute Gasteiger partial charge is 0.323 e. The number of unbranched alkanes of at least 4 members (excludes halogenated alkanes) is 8. The van der Waals surface area contributed by atoms with E-state index in [9.17, 15) is 9.59 Å². The third kappa shape index (κ3) is 10.5. The van der Waals surface area contributed by atoms with Crippen LogP contribution in [0, 0.1) is 11.3 Å². The summed E-state index contributed by atoms with van der Waals surface area (Å²) in [6.07, 6.45) is 13.4. The second-order valence-electron chi connectivity index (χ2n) is 8.73. The zero-order valence-electron chi connectivity index (χ0n) is 20.2. The summed E-state index contributed by atoms with van der Waals surface area (Å²) in [5.74, 6) is -0.582. The Balaban J connectivity index is 4.41. The molecular formula is C25H48O4. The van der Waals surface area contributed by atoms with Crippen LogP contribution in [0.25, 0.3) is 0 Å². The minimum absolute atomic E-state index is 0.143. The van der Waals surface area contributed by atoms with E-state index in [0.29, 0.717) is 19.4 Å². The van der Waals surface area contributed by atoms with Crippen molar-refractivity contribution in [3.63, 3.8) is 0 Å². The molecule has 0 saturated carbocycles. The molecule has 1 atom stereocenters. The molecule has 0 aromatic rings. The first kappa shape index (κ1) is 27.9. The molecule has 0 aromatic heterocycles. The molecule has 0 aromatic carbocycles. The minimum atomic E-state index is -1.17. The fourth-order valence-electron chi connectivity index (χ4n) is 3.69. The molecule has 0 bridgehead atoms. The van der Waals surface area contributed by atoms with E-state index < -0.39 is 17.4 Å². The summed E-state index contributed by atoms with van der Waals surface area (Å²) in [5.41, 5.74) is -1.17. The second-order valence-corrected chi connectivity index (χ2v) is 8.73.